The molecule has 8 heteroatoms. The van der Waals surface area contributed by atoms with Crippen molar-refractivity contribution in [3.63, 3.8) is 0 Å². The van der Waals surface area contributed by atoms with Gasteiger partial charge in [0.25, 0.3) is 0 Å². The van der Waals surface area contributed by atoms with Gasteiger partial charge >= 0.3 is 18.1 Å². The number of halogens is 3. The summed E-state index contributed by atoms with van der Waals surface area (Å²) in [7, 11) is 0. The quantitative estimate of drug-likeness (QED) is 0.281. The highest BCUT2D eigenvalue weighted by Crippen LogP contribution is 2.27. The molecule has 0 atom stereocenters. The van der Waals surface area contributed by atoms with Crippen LogP contribution in [0.15, 0.2) is 24.3 Å². The molecule has 0 radical (unpaired) electrons. The van der Waals surface area contributed by atoms with Crippen LogP contribution in [0.4, 0.5) is 13.2 Å². The van der Waals surface area contributed by atoms with E-state index in [-0.39, 0.29) is 13.0 Å². The van der Waals surface area contributed by atoms with Gasteiger partial charge in [0.15, 0.2) is 0 Å². The van der Waals surface area contributed by atoms with Crippen molar-refractivity contribution in [3.05, 3.63) is 29.8 Å². The topological polar surface area (TPSA) is 64.6 Å². The summed E-state index contributed by atoms with van der Waals surface area (Å²) < 4.78 is 45.5. The number of ether oxygens (including phenoxy) is 2. The van der Waals surface area contributed by atoms with Gasteiger partial charge < -0.3 is 14.8 Å². The highest BCUT2D eigenvalue weighted by molar-refractivity contribution is 5.88. The minimum Gasteiger partial charge on any atom is -0.494 e. The molecule has 1 aromatic rings. The lowest BCUT2D eigenvalue weighted by Crippen LogP contribution is -2.29. The van der Waals surface area contributed by atoms with E-state index in [0.29, 0.717) is 6.54 Å². The third-order valence-corrected chi connectivity index (χ3v) is 5.44. The molecule has 1 saturated carbocycles. The summed E-state index contributed by atoms with van der Waals surface area (Å²) in [5.74, 6) is -1.92. The summed E-state index contributed by atoms with van der Waals surface area (Å²) in [5.41, 5.74) is 1.16. The Balaban J connectivity index is 1.50. The van der Waals surface area contributed by atoms with E-state index < -0.39 is 18.1 Å². The number of alkyl halides is 3. The zero-order valence-electron chi connectivity index (χ0n) is 17.8. The second-order valence-electron chi connectivity index (χ2n) is 8.00. The lowest BCUT2D eigenvalue weighted by molar-refractivity contribution is -0.201. The van der Waals surface area contributed by atoms with Crippen LogP contribution < -0.4 is 10.1 Å². The molecule has 1 aliphatic carbocycles. The first-order valence-corrected chi connectivity index (χ1v) is 11.1. The van der Waals surface area contributed by atoms with Gasteiger partial charge in [0.05, 0.1) is 13.0 Å². The Hall–Kier alpha value is -2.09. The second kappa shape index (κ2) is 13.3. The number of benzene rings is 1. The molecule has 31 heavy (non-hydrogen) atoms. The van der Waals surface area contributed by atoms with Crippen LogP contribution in [0, 0.1) is 5.92 Å². The summed E-state index contributed by atoms with van der Waals surface area (Å²) in [6, 6.07) is 7.99. The van der Waals surface area contributed by atoms with Crippen molar-refractivity contribution in [2.75, 3.05) is 19.7 Å². The average molecular weight is 444 g/mol. The minimum atomic E-state index is -5.15. The maximum absolute atomic E-state index is 12.0. The van der Waals surface area contributed by atoms with Crippen LogP contribution in [0.25, 0.3) is 0 Å². The zero-order valence-corrected chi connectivity index (χ0v) is 17.8. The van der Waals surface area contributed by atoms with Crippen LogP contribution in [-0.4, -0.2) is 37.8 Å². The Morgan fingerprint density at radius 1 is 1.00 bits per heavy atom. The first-order chi connectivity index (χ1) is 14.8. The zero-order chi connectivity index (χ0) is 22.5. The highest BCUT2D eigenvalue weighted by Gasteiger charge is 2.42. The molecule has 0 unspecified atom stereocenters. The molecule has 0 aromatic heterocycles. The van der Waals surface area contributed by atoms with Gasteiger partial charge in [-0.25, -0.2) is 4.79 Å². The molecule has 1 N–H and O–H groups in total. The Labute approximate surface area is 181 Å². The molecule has 0 saturated heterocycles. The van der Waals surface area contributed by atoms with Crippen molar-refractivity contribution in [2.45, 2.75) is 70.4 Å². The molecule has 2 rings (SSSR count). The number of hydrogen-bond acceptors (Lipinski definition) is 5. The molecular weight excluding hydrogens is 411 g/mol. The Morgan fingerprint density at radius 2 is 1.71 bits per heavy atom. The van der Waals surface area contributed by atoms with E-state index in [2.05, 4.69) is 10.1 Å². The smallest absolute Gasteiger partial charge is 0.491 e. The maximum Gasteiger partial charge on any atom is 0.491 e. The van der Waals surface area contributed by atoms with E-state index >= 15 is 0 Å². The van der Waals surface area contributed by atoms with Crippen LogP contribution in [0.3, 0.4) is 0 Å². The number of hydrogen-bond donors (Lipinski definition) is 1. The summed E-state index contributed by atoms with van der Waals surface area (Å²) in [6.07, 6.45) is 5.39. The first-order valence-electron chi connectivity index (χ1n) is 11.1. The van der Waals surface area contributed by atoms with Crippen molar-refractivity contribution in [1.82, 2.24) is 5.32 Å². The van der Waals surface area contributed by atoms with Gasteiger partial charge in [0, 0.05) is 6.54 Å². The van der Waals surface area contributed by atoms with E-state index in [1.54, 1.807) is 0 Å². The first kappa shape index (κ1) is 25.2. The van der Waals surface area contributed by atoms with Crippen molar-refractivity contribution >= 4 is 11.9 Å². The van der Waals surface area contributed by atoms with E-state index in [1.807, 2.05) is 24.3 Å². The standard InChI is InChI=1S/C23H32F3NO4/c24-23(25,26)22(29)31-21(28)14-16-27-15-4-8-19-10-12-20(13-11-19)30-17-5-9-18-6-2-1-3-7-18/h10-13,18,27H,1-9,14-17H2. The molecule has 0 spiro atoms. The van der Waals surface area contributed by atoms with E-state index in [9.17, 15) is 22.8 Å². The Bertz CT molecular complexity index is 670. The molecule has 174 valence electrons. The maximum atomic E-state index is 12.0. The van der Waals surface area contributed by atoms with Gasteiger partial charge in [-0.05, 0) is 55.8 Å². The van der Waals surface area contributed by atoms with E-state index in [4.69, 9.17) is 4.74 Å². The van der Waals surface area contributed by atoms with Crippen LogP contribution >= 0.6 is 0 Å². The predicted molar refractivity (Wildman–Crippen MR) is 111 cm³/mol. The van der Waals surface area contributed by atoms with Crippen molar-refractivity contribution in [3.8, 4) is 5.75 Å². The monoisotopic (exact) mass is 443 g/mol. The summed E-state index contributed by atoms with van der Waals surface area (Å²) in [4.78, 5) is 21.7. The molecule has 0 aliphatic heterocycles. The predicted octanol–water partition coefficient (Wildman–Crippen LogP) is 4.97. The number of carbonyl (C=O) groups excluding carboxylic acids is 2. The molecule has 1 fully saturated rings. The molecule has 5 nitrogen and oxygen atoms in total. The number of aryl methyl sites for hydroxylation is 1. The summed E-state index contributed by atoms with van der Waals surface area (Å²) in [6.45, 7) is 1.49. The second-order valence-corrected chi connectivity index (χ2v) is 8.00. The van der Waals surface area contributed by atoms with Crippen LogP contribution in [0.1, 0.15) is 63.4 Å². The molecule has 0 bridgehead atoms. The van der Waals surface area contributed by atoms with Crippen molar-refractivity contribution < 1.29 is 32.2 Å². The minimum absolute atomic E-state index is 0.150. The Kier molecular flexibility index (Phi) is 10.8. The number of esters is 2. The highest BCUT2D eigenvalue weighted by atomic mass is 19.4. The third-order valence-electron chi connectivity index (χ3n) is 5.44. The molecule has 1 aliphatic rings. The SMILES string of the molecule is O=C(CCNCCCc1ccc(OCCCC2CCCCC2)cc1)OC(=O)C(F)(F)F. The largest absolute Gasteiger partial charge is 0.494 e. The summed E-state index contributed by atoms with van der Waals surface area (Å²) in [5, 5.41) is 2.95. The fourth-order valence-corrected chi connectivity index (χ4v) is 3.74. The van der Waals surface area contributed by atoms with E-state index in [1.165, 1.54) is 38.5 Å². The molecule has 0 heterocycles. The summed E-state index contributed by atoms with van der Waals surface area (Å²) >= 11 is 0. The molecular formula is C23H32F3NO4. The number of carbonyl (C=O) groups is 2. The fraction of sp³-hybridized carbons (Fsp3) is 0.652. The molecule has 1 aromatic carbocycles. The van der Waals surface area contributed by atoms with Gasteiger partial charge in [0.2, 0.25) is 0 Å². The number of nitrogens with one attached hydrogen (secondary N) is 1. The third kappa shape index (κ3) is 10.7. The van der Waals surface area contributed by atoms with Crippen LogP contribution in [-0.2, 0) is 20.7 Å². The van der Waals surface area contributed by atoms with Crippen molar-refractivity contribution in [2.24, 2.45) is 5.92 Å². The van der Waals surface area contributed by atoms with Crippen molar-refractivity contribution in [1.29, 1.82) is 0 Å². The lowest BCUT2D eigenvalue weighted by Gasteiger charge is -2.21. The lowest BCUT2D eigenvalue weighted by atomic mass is 9.86. The number of rotatable bonds is 12. The average Bonchev–Trinajstić information content (AvgIpc) is 2.74. The van der Waals surface area contributed by atoms with Gasteiger partial charge in [-0.3, -0.25) is 4.79 Å². The Morgan fingerprint density at radius 3 is 2.39 bits per heavy atom. The van der Waals surface area contributed by atoms with Gasteiger partial charge in [-0.2, -0.15) is 13.2 Å². The van der Waals surface area contributed by atoms with E-state index in [0.717, 1.165) is 43.1 Å². The van der Waals surface area contributed by atoms with Crippen LogP contribution in [0.2, 0.25) is 0 Å². The normalized spacial score (nSPS) is 14.9. The fourth-order valence-electron chi connectivity index (χ4n) is 3.74. The van der Waals surface area contributed by atoms with Gasteiger partial charge in [-0.15, -0.1) is 0 Å². The van der Waals surface area contributed by atoms with Gasteiger partial charge in [0.1, 0.15) is 5.75 Å². The van der Waals surface area contributed by atoms with Gasteiger partial charge in [-0.1, -0.05) is 44.2 Å². The molecule has 0 amide bonds. The van der Waals surface area contributed by atoms with Crippen LogP contribution in [0.5, 0.6) is 5.75 Å².